The quantitative estimate of drug-likeness (QED) is 0.232. The third-order valence-corrected chi connectivity index (χ3v) is 3.34. The van der Waals surface area contributed by atoms with Crippen LogP contribution in [0.15, 0.2) is 54.0 Å². The molecule has 0 aliphatic heterocycles. The first kappa shape index (κ1) is 28.8. The number of hydrogen-bond donors (Lipinski definition) is 2. The summed E-state index contributed by atoms with van der Waals surface area (Å²) in [5.41, 5.74) is 3.32. The van der Waals surface area contributed by atoms with Crippen LogP contribution in [0.3, 0.4) is 0 Å². The number of halogens is 1. The van der Waals surface area contributed by atoms with Gasteiger partial charge < -0.3 is 4.74 Å². The monoisotopic (exact) mass is 407 g/mol. The molecule has 4 nitrogen and oxygen atoms in total. The lowest BCUT2D eigenvalue weighted by Gasteiger charge is -2.13. The van der Waals surface area contributed by atoms with E-state index in [0.717, 1.165) is 17.6 Å². The Labute approximate surface area is 176 Å². The molecule has 2 N–H and O–H groups in total. The molecule has 0 bridgehead atoms. The summed E-state index contributed by atoms with van der Waals surface area (Å²) in [6.45, 7) is 21.5. The van der Waals surface area contributed by atoms with Crippen LogP contribution in [0.1, 0.15) is 71.3 Å². The highest BCUT2D eigenvalue weighted by atomic mass is 19.1. The fourth-order valence-corrected chi connectivity index (χ4v) is 1.85. The van der Waals surface area contributed by atoms with Crippen LogP contribution in [-0.4, -0.2) is 11.2 Å². The van der Waals surface area contributed by atoms with Crippen LogP contribution in [0.5, 0.6) is 0 Å². The molecule has 0 unspecified atom stereocenters. The predicted octanol–water partition coefficient (Wildman–Crippen LogP) is 6.96. The van der Waals surface area contributed by atoms with Gasteiger partial charge in [0.1, 0.15) is 5.82 Å². The molecule has 0 fully saturated rings. The van der Waals surface area contributed by atoms with E-state index in [-0.39, 0.29) is 22.9 Å². The maximum absolute atomic E-state index is 13.6. The van der Waals surface area contributed by atoms with Crippen molar-refractivity contribution in [3.63, 3.8) is 0 Å². The van der Waals surface area contributed by atoms with Crippen molar-refractivity contribution in [3.05, 3.63) is 70.9 Å². The van der Waals surface area contributed by atoms with Gasteiger partial charge in [-0.15, -0.1) is 0 Å². The number of ether oxygens (including phenoxy) is 1. The lowest BCUT2D eigenvalue weighted by atomic mass is 10.0. The molecular formula is C24H38FNO3. The molecule has 0 radical (unpaired) electrons. The summed E-state index contributed by atoms with van der Waals surface area (Å²) in [7, 11) is 0. The Hall–Kier alpha value is -2.40. The number of aryl methyl sites for hydroxylation is 1. The van der Waals surface area contributed by atoms with E-state index >= 15 is 0 Å². The molecule has 0 spiro atoms. The minimum absolute atomic E-state index is 0.0333. The van der Waals surface area contributed by atoms with Crippen molar-refractivity contribution >= 4 is 5.97 Å². The fraction of sp³-hybridized carbons (Fsp3) is 0.458. The van der Waals surface area contributed by atoms with Gasteiger partial charge in [0, 0.05) is 0 Å². The van der Waals surface area contributed by atoms with Crippen molar-refractivity contribution in [2.75, 3.05) is 0 Å². The van der Waals surface area contributed by atoms with Gasteiger partial charge in [0.2, 0.25) is 0 Å². The first-order valence-electron chi connectivity index (χ1n) is 9.99. The van der Waals surface area contributed by atoms with Crippen LogP contribution in [0.25, 0.3) is 0 Å². The summed E-state index contributed by atoms with van der Waals surface area (Å²) >= 11 is 0. The number of benzene rings is 1. The number of nitrogens with one attached hydrogen (secondary N) is 1. The first-order valence-corrected chi connectivity index (χ1v) is 9.99. The summed E-state index contributed by atoms with van der Waals surface area (Å²) in [4.78, 5) is 12.2. The molecule has 0 aliphatic carbocycles. The molecule has 5 heteroatoms. The normalized spacial score (nSPS) is 11.2. The third kappa shape index (κ3) is 11.9. The van der Waals surface area contributed by atoms with Gasteiger partial charge in [0.15, 0.2) is 5.76 Å². The summed E-state index contributed by atoms with van der Waals surface area (Å²) in [6.07, 6.45) is 3.48. The van der Waals surface area contributed by atoms with E-state index in [9.17, 15) is 9.18 Å². The van der Waals surface area contributed by atoms with Crippen LogP contribution >= 0.6 is 0 Å². The summed E-state index contributed by atoms with van der Waals surface area (Å²) in [6, 6.07) is 4.09. The number of hydrogen-bond acceptors (Lipinski definition) is 4. The summed E-state index contributed by atoms with van der Waals surface area (Å²) in [5, 5.41) is 9.03. The van der Waals surface area contributed by atoms with E-state index in [2.05, 4.69) is 27.4 Å². The molecule has 29 heavy (non-hydrogen) atoms. The molecule has 0 amide bonds. The number of rotatable bonds is 6. The van der Waals surface area contributed by atoms with Gasteiger partial charge in [-0.1, -0.05) is 67.2 Å². The van der Waals surface area contributed by atoms with Crippen molar-refractivity contribution in [2.45, 2.75) is 62.3 Å². The van der Waals surface area contributed by atoms with Crippen molar-refractivity contribution in [3.8, 4) is 0 Å². The molecule has 1 aromatic carbocycles. The molecule has 0 heterocycles. The van der Waals surface area contributed by atoms with Gasteiger partial charge >= 0.3 is 5.97 Å². The van der Waals surface area contributed by atoms with Gasteiger partial charge in [0.25, 0.3) is 0 Å². The van der Waals surface area contributed by atoms with Crippen LogP contribution in [0.4, 0.5) is 4.39 Å². The second-order valence-electron chi connectivity index (χ2n) is 7.13. The minimum atomic E-state index is -0.731. The van der Waals surface area contributed by atoms with E-state index in [1.165, 1.54) is 12.1 Å². The lowest BCUT2D eigenvalue weighted by molar-refractivity contribution is 0.0616. The minimum Gasteiger partial charge on any atom is -0.421 e. The Morgan fingerprint density at radius 2 is 1.72 bits per heavy atom. The van der Waals surface area contributed by atoms with Crippen molar-refractivity contribution in [1.29, 1.82) is 0 Å². The van der Waals surface area contributed by atoms with Crippen molar-refractivity contribution in [2.24, 2.45) is 11.8 Å². The van der Waals surface area contributed by atoms with E-state index in [0.29, 0.717) is 5.56 Å². The van der Waals surface area contributed by atoms with E-state index in [4.69, 9.17) is 9.94 Å². The second kappa shape index (κ2) is 15.5. The Morgan fingerprint density at radius 3 is 2.10 bits per heavy atom. The smallest absolute Gasteiger partial charge is 0.343 e. The van der Waals surface area contributed by atoms with Gasteiger partial charge in [-0.3, -0.25) is 10.7 Å². The van der Waals surface area contributed by atoms with Crippen molar-refractivity contribution < 1.29 is 19.1 Å². The number of carbonyl (C=O) groups excluding carboxylic acids is 1. The standard InChI is InChI=1S/C18H22FNO3.C4H10.C2H6/c1-6-14(11(2)3)10-17(13(5)20-22)23-18(21)15-8-7-12(4)16(19)9-15;1-4(2)3;1-2/h6-11,20,22H,5H2,1-4H3;4H,1-3H3;1-2H3/b14-6+,17-10+;;. The highest BCUT2D eigenvalue weighted by molar-refractivity contribution is 5.90. The molecular weight excluding hydrogens is 369 g/mol. The average Bonchev–Trinajstić information content (AvgIpc) is 2.67. The Bertz CT molecular complexity index is 701. The Morgan fingerprint density at radius 1 is 1.21 bits per heavy atom. The SMILES string of the molecule is C=C(NO)/C(=C\C(=C/C)C(C)C)OC(=O)c1ccc(C)c(F)c1.CC.CC(C)C. The molecule has 0 aromatic heterocycles. The number of carbonyl (C=O) groups is 1. The molecule has 1 rings (SSSR count). The zero-order valence-corrected chi connectivity index (χ0v) is 19.4. The molecule has 0 saturated carbocycles. The van der Waals surface area contributed by atoms with Crippen LogP contribution in [-0.2, 0) is 4.74 Å². The van der Waals surface area contributed by atoms with Gasteiger partial charge in [-0.2, -0.15) is 0 Å². The zero-order chi connectivity index (χ0) is 23.1. The third-order valence-electron chi connectivity index (χ3n) is 3.34. The zero-order valence-electron chi connectivity index (χ0n) is 19.4. The molecule has 0 aliphatic rings. The van der Waals surface area contributed by atoms with Crippen LogP contribution in [0.2, 0.25) is 0 Å². The van der Waals surface area contributed by atoms with Crippen LogP contribution < -0.4 is 5.48 Å². The highest BCUT2D eigenvalue weighted by Crippen LogP contribution is 2.19. The van der Waals surface area contributed by atoms with Gasteiger partial charge in [-0.05, 0) is 55.0 Å². The largest absolute Gasteiger partial charge is 0.421 e. The van der Waals surface area contributed by atoms with E-state index < -0.39 is 11.8 Å². The number of hydroxylamine groups is 1. The van der Waals surface area contributed by atoms with Gasteiger partial charge in [0.05, 0.1) is 11.3 Å². The summed E-state index contributed by atoms with van der Waals surface area (Å²) < 4.78 is 18.8. The summed E-state index contributed by atoms with van der Waals surface area (Å²) in [5.74, 6) is -0.122. The molecule has 0 saturated heterocycles. The number of esters is 1. The van der Waals surface area contributed by atoms with E-state index in [1.807, 2.05) is 46.2 Å². The number of allylic oxidation sites excluding steroid dienone is 3. The molecule has 1 aromatic rings. The van der Waals surface area contributed by atoms with E-state index in [1.54, 1.807) is 13.0 Å². The maximum Gasteiger partial charge on any atom is 0.343 e. The van der Waals surface area contributed by atoms with Gasteiger partial charge in [-0.25, -0.2) is 9.18 Å². The Balaban J connectivity index is 0. The lowest BCUT2D eigenvalue weighted by Crippen LogP contribution is -2.14. The second-order valence-corrected chi connectivity index (χ2v) is 7.13. The van der Waals surface area contributed by atoms with Crippen LogP contribution in [0, 0.1) is 24.6 Å². The fourth-order valence-electron chi connectivity index (χ4n) is 1.85. The first-order chi connectivity index (χ1) is 13.5. The average molecular weight is 408 g/mol. The maximum atomic E-state index is 13.6. The predicted molar refractivity (Wildman–Crippen MR) is 119 cm³/mol. The Kier molecular flexibility index (Phi) is 15.4. The topological polar surface area (TPSA) is 58.6 Å². The van der Waals surface area contributed by atoms with Crippen molar-refractivity contribution in [1.82, 2.24) is 5.48 Å². The molecule has 0 atom stereocenters. The molecule has 164 valence electrons. The highest BCUT2D eigenvalue weighted by Gasteiger charge is 2.15.